The molecule has 3 nitrogen and oxygen atoms in total. The summed E-state index contributed by atoms with van der Waals surface area (Å²) in [6.45, 7) is 0.309. The SMILES string of the molecule is O=C(CCc1ccccc1F)NCC1(O)CCCC1. The molecule has 1 aliphatic rings. The number of amides is 1. The van der Waals surface area contributed by atoms with Gasteiger partial charge in [0.05, 0.1) is 5.60 Å². The summed E-state index contributed by atoms with van der Waals surface area (Å²) >= 11 is 0. The van der Waals surface area contributed by atoms with Crippen molar-refractivity contribution in [2.45, 2.75) is 44.1 Å². The van der Waals surface area contributed by atoms with Crippen molar-refractivity contribution < 1.29 is 14.3 Å². The minimum Gasteiger partial charge on any atom is -0.388 e. The van der Waals surface area contributed by atoms with Crippen LogP contribution in [-0.4, -0.2) is 23.2 Å². The molecule has 0 heterocycles. The summed E-state index contributed by atoms with van der Waals surface area (Å²) in [5.74, 6) is -0.409. The zero-order chi connectivity index (χ0) is 13.7. The fourth-order valence-corrected chi connectivity index (χ4v) is 2.51. The molecule has 0 radical (unpaired) electrons. The smallest absolute Gasteiger partial charge is 0.220 e. The molecule has 1 aromatic carbocycles. The van der Waals surface area contributed by atoms with E-state index in [-0.39, 0.29) is 18.1 Å². The van der Waals surface area contributed by atoms with Crippen molar-refractivity contribution in [3.05, 3.63) is 35.6 Å². The van der Waals surface area contributed by atoms with Crippen molar-refractivity contribution in [2.24, 2.45) is 0 Å². The number of nitrogens with one attached hydrogen (secondary N) is 1. The summed E-state index contributed by atoms with van der Waals surface area (Å²) in [6.07, 6.45) is 4.17. The zero-order valence-electron chi connectivity index (χ0n) is 11.0. The standard InChI is InChI=1S/C15H20FNO2/c16-13-6-2-1-5-12(13)7-8-14(18)17-11-15(19)9-3-4-10-15/h1-2,5-6,19H,3-4,7-11H2,(H,17,18). The van der Waals surface area contributed by atoms with Crippen LogP contribution in [0, 0.1) is 5.82 Å². The highest BCUT2D eigenvalue weighted by Gasteiger charge is 2.31. The molecule has 4 heteroatoms. The van der Waals surface area contributed by atoms with E-state index in [0.717, 1.165) is 25.7 Å². The van der Waals surface area contributed by atoms with E-state index in [4.69, 9.17) is 0 Å². The van der Waals surface area contributed by atoms with E-state index >= 15 is 0 Å². The van der Waals surface area contributed by atoms with Crippen LogP contribution in [0.2, 0.25) is 0 Å². The van der Waals surface area contributed by atoms with Crippen molar-refractivity contribution in [3.8, 4) is 0 Å². The third-order valence-electron chi connectivity index (χ3n) is 3.73. The van der Waals surface area contributed by atoms with Crippen molar-refractivity contribution >= 4 is 5.91 Å². The fourth-order valence-electron chi connectivity index (χ4n) is 2.51. The number of carbonyl (C=O) groups is 1. The van der Waals surface area contributed by atoms with Gasteiger partial charge in [-0.25, -0.2) is 4.39 Å². The quantitative estimate of drug-likeness (QED) is 0.857. The Morgan fingerprint density at radius 2 is 2.00 bits per heavy atom. The zero-order valence-corrected chi connectivity index (χ0v) is 11.0. The Bertz CT molecular complexity index is 442. The van der Waals surface area contributed by atoms with Gasteiger partial charge in [0.2, 0.25) is 5.91 Å². The molecule has 1 saturated carbocycles. The molecule has 0 saturated heterocycles. The second-order valence-corrected chi connectivity index (χ2v) is 5.30. The van der Waals surface area contributed by atoms with Gasteiger partial charge in [-0.15, -0.1) is 0 Å². The highest BCUT2D eigenvalue weighted by molar-refractivity contribution is 5.76. The van der Waals surface area contributed by atoms with E-state index in [1.165, 1.54) is 6.07 Å². The van der Waals surface area contributed by atoms with Crippen LogP contribution >= 0.6 is 0 Å². The Morgan fingerprint density at radius 3 is 2.68 bits per heavy atom. The highest BCUT2D eigenvalue weighted by Crippen LogP contribution is 2.28. The van der Waals surface area contributed by atoms with Gasteiger partial charge in [-0.2, -0.15) is 0 Å². The van der Waals surface area contributed by atoms with E-state index in [1.54, 1.807) is 18.2 Å². The molecule has 1 aliphatic carbocycles. The Morgan fingerprint density at radius 1 is 1.32 bits per heavy atom. The van der Waals surface area contributed by atoms with E-state index in [9.17, 15) is 14.3 Å². The summed E-state index contributed by atoms with van der Waals surface area (Å²) in [5.41, 5.74) is -0.176. The summed E-state index contributed by atoms with van der Waals surface area (Å²) in [4.78, 5) is 11.7. The first-order chi connectivity index (χ1) is 9.09. The van der Waals surface area contributed by atoms with E-state index in [2.05, 4.69) is 5.32 Å². The van der Waals surface area contributed by atoms with Gasteiger partial charge in [0.25, 0.3) is 0 Å². The molecule has 0 unspecified atom stereocenters. The fraction of sp³-hybridized carbons (Fsp3) is 0.533. The second-order valence-electron chi connectivity index (χ2n) is 5.30. The maximum absolute atomic E-state index is 13.4. The molecule has 0 aromatic heterocycles. The molecular formula is C15H20FNO2. The summed E-state index contributed by atoms with van der Waals surface area (Å²) in [7, 11) is 0. The lowest BCUT2D eigenvalue weighted by Gasteiger charge is -2.22. The van der Waals surface area contributed by atoms with Crippen LogP contribution in [0.1, 0.15) is 37.7 Å². The monoisotopic (exact) mass is 265 g/mol. The molecule has 1 fully saturated rings. The molecule has 0 atom stereocenters. The number of rotatable bonds is 5. The van der Waals surface area contributed by atoms with Crippen LogP contribution in [0.4, 0.5) is 4.39 Å². The van der Waals surface area contributed by atoms with Crippen LogP contribution in [0.5, 0.6) is 0 Å². The van der Waals surface area contributed by atoms with Gasteiger partial charge in [-0.3, -0.25) is 4.79 Å². The van der Waals surface area contributed by atoms with Crippen LogP contribution in [0.3, 0.4) is 0 Å². The molecule has 0 spiro atoms. The molecule has 2 N–H and O–H groups in total. The predicted molar refractivity (Wildman–Crippen MR) is 71.1 cm³/mol. The summed E-state index contributed by atoms with van der Waals surface area (Å²) in [6, 6.07) is 6.48. The normalized spacial score (nSPS) is 17.4. The van der Waals surface area contributed by atoms with Crippen LogP contribution in [0.25, 0.3) is 0 Å². The Hall–Kier alpha value is -1.42. The average molecular weight is 265 g/mol. The number of halogens is 1. The molecular weight excluding hydrogens is 245 g/mol. The van der Waals surface area contributed by atoms with Crippen molar-refractivity contribution in [1.29, 1.82) is 0 Å². The van der Waals surface area contributed by atoms with Crippen molar-refractivity contribution in [3.63, 3.8) is 0 Å². The van der Waals surface area contributed by atoms with Gasteiger partial charge in [0.15, 0.2) is 0 Å². The summed E-state index contributed by atoms with van der Waals surface area (Å²) in [5, 5.41) is 12.8. The average Bonchev–Trinajstić information content (AvgIpc) is 2.83. The molecule has 19 heavy (non-hydrogen) atoms. The molecule has 1 aromatic rings. The first-order valence-corrected chi connectivity index (χ1v) is 6.82. The van der Waals surface area contributed by atoms with Gasteiger partial charge >= 0.3 is 0 Å². The van der Waals surface area contributed by atoms with Crippen LogP contribution < -0.4 is 5.32 Å². The molecule has 0 bridgehead atoms. The highest BCUT2D eigenvalue weighted by atomic mass is 19.1. The lowest BCUT2D eigenvalue weighted by molar-refractivity contribution is -0.122. The number of carbonyl (C=O) groups excluding carboxylic acids is 1. The third kappa shape index (κ3) is 4.03. The number of hydrogen-bond donors (Lipinski definition) is 2. The third-order valence-corrected chi connectivity index (χ3v) is 3.73. The minimum atomic E-state index is -0.729. The lowest BCUT2D eigenvalue weighted by Crippen LogP contribution is -2.40. The Balaban J connectivity index is 1.74. The number of benzene rings is 1. The van der Waals surface area contributed by atoms with E-state index < -0.39 is 5.60 Å². The Kier molecular flexibility index (Phi) is 4.53. The maximum atomic E-state index is 13.4. The number of aryl methyl sites for hydroxylation is 1. The molecule has 2 rings (SSSR count). The molecule has 104 valence electrons. The van der Waals surface area contributed by atoms with Gasteiger partial charge in [0, 0.05) is 13.0 Å². The van der Waals surface area contributed by atoms with E-state index in [1.807, 2.05) is 0 Å². The van der Waals surface area contributed by atoms with Crippen LogP contribution in [-0.2, 0) is 11.2 Å². The van der Waals surface area contributed by atoms with Gasteiger partial charge in [0.1, 0.15) is 5.82 Å². The first kappa shape index (κ1) is 14.0. The number of aliphatic hydroxyl groups is 1. The molecule has 0 aliphatic heterocycles. The van der Waals surface area contributed by atoms with Crippen molar-refractivity contribution in [2.75, 3.05) is 6.54 Å². The largest absolute Gasteiger partial charge is 0.388 e. The van der Waals surface area contributed by atoms with Crippen LogP contribution in [0.15, 0.2) is 24.3 Å². The maximum Gasteiger partial charge on any atom is 0.220 e. The number of hydrogen-bond acceptors (Lipinski definition) is 2. The Labute approximate surface area is 112 Å². The van der Waals surface area contributed by atoms with Gasteiger partial charge < -0.3 is 10.4 Å². The second kappa shape index (κ2) is 6.15. The van der Waals surface area contributed by atoms with Crippen molar-refractivity contribution in [1.82, 2.24) is 5.32 Å². The van der Waals surface area contributed by atoms with E-state index in [0.29, 0.717) is 18.5 Å². The first-order valence-electron chi connectivity index (χ1n) is 6.82. The predicted octanol–water partition coefficient (Wildman–Crippen LogP) is 2.18. The minimum absolute atomic E-state index is 0.136. The lowest BCUT2D eigenvalue weighted by atomic mass is 10.0. The summed E-state index contributed by atoms with van der Waals surface area (Å²) < 4.78 is 13.4. The van der Waals surface area contributed by atoms with Gasteiger partial charge in [-0.1, -0.05) is 31.0 Å². The van der Waals surface area contributed by atoms with Gasteiger partial charge in [-0.05, 0) is 30.9 Å². The topological polar surface area (TPSA) is 49.3 Å². The molecule has 1 amide bonds.